The van der Waals surface area contributed by atoms with Crippen molar-refractivity contribution in [2.24, 2.45) is 0 Å². The van der Waals surface area contributed by atoms with Gasteiger partial charge in [-0.15, -0.1) is 11.3 Å². The van der Waals surface area contributed by atoms with Crippen molar-refractivity contribution in [3.05, 3.63) is 71.2 Å². The van der Waals surface area contributed by atoms with Crippen molar-refractivity contribution < 1.29 is 13.2 Å². The van der Waals surface area contributed by atoms with Crippen LogP contribution in [-0.4, -0.2) is 29.5 Å². The molecule has 132 valence electrons. The zero-order valence-corrected chi connectivity index (χ0v) is 15.6. The fourth-order valence-electron chi connectivity index (χ4n) is 2.98. The molecule has 0 aliphatic carbocycles. The number of aromatic nitrogens is 1. The number of carbonyl (C=O) groups is 1. The van der Waals surface area contributed by atoms with Crippen molar-refractivity contribution in [3.8, 4) is 10.6 Å². The Kier molecular flexibility index (Phi) is 4.22. The predicted octanol–water partition coefficient (Wildman–Crippen LogP) is 3.59. The molecule has 0 amide bonds. The lowest BCUT2D eigenvalue weighted by Gasteiger charge is -2.30. The van der Waals surface area contributed by atoms with Crippen LogP contribution in [0.3, 0.4) is 0 Å². The van der Waals surface area contributed by atoms with Crippen LogP contribution in [0, 0.1) is 0 Å². The van der Waals surface area contributed by atoms with Crippen molar-refractivity contribution in [3.63, 3.8) is 0 Å². The first-order valence-corrected chi connectivity index (χ1v) is 10.4. The van der Waals surface area contributed by atoms with Crippen LogP contribution < -0.4 is 0 Å². The second-order valence-corrected chi connectivity index (χ2v) is 8.95. The molecule has 26 heavy (non-hydrogen) atoms. The van der Waals surface area contributed by atoms with Crippen LogP contribution in [0.15, 0.2) is 65.6 Å². The molecule has 2 heterocycles. The van der Waals surface area contributed by atoms with Gasteiger partial charge >= 0.3 is 0 Å². The Morgan fingerprint density at radius 1 is 1.04 bits per heavy atom. The lowest BCUT2D eigenvalue weighted by molar-refractivity contribution is 0.0887. The molecule has 0 unspecified atom stereocenters. The van der Waals surface area contributed by atoms with Gasteiger partial charge in [-0.25, -0.2) is 13.4 Å². The van der Waals surface area contributed by atoms with Crippen LogP contribution in [0.5, 0.6) is 0 Å². The van der Waals surface area contributed by atoms with Gasteiger partial charge in [-0.05, 0) is 19.1 Å². The summed E-state index contributed by atoms with van der Waals surface area (Å²) in [7, 11) is -3.77. The summed E-state index contributed by atoms with van der Waals surface area (Å²) in [6, 6.07) is 17.0. The minimum Gasteiger partial charge on any atom is -0.291 e. The molecule has 1 atom stereocenters. The average Bonchev–Trinajstić information content (AvgIpc) is 3.10. The number of sulfonamides is 1. The summed E-state index contributed by atoms with van der Waals surface area (Å²) in [6.07, 6.45) is 0. The van der Waals surface area contributed by atoms with Crippen LogP contribution in [0.2, 0.25) is 0 Å². The van der Waals surface area contributed by atoms with Gasteiger partial charge in [-0.1, -0.05) is 48.5 Å². The van der Waals surface area contributed by atoms with Gasteiger partial charge in [-0.2, -0.15) is 4.31 Å². The van der Waals surface area contributed by atoms with Crippen molar-refractivity contribution in [1.29, 1.82) is 0 Å². The van der Waals surface area contributed by atoms with Gasteiger partial charge in [0, 0.05) is 5.56 Å². The number of carbonyl (C=O) groups excluding carboxylic acids is 1. The third kappa shape index (κ3) is 2.78. The third-order valence-corrected chi connectivity index (χ3v) is 7.50. The number of benzene rings is 2. The Morgan fingerprint density at radius 3 is 2.31 bits per heavy atom. The second kappa shape index (κ2) is 6.42. The highest BCUT2D eigenvalue weighted by atomic mass is 32.2. The Bertz CT molecular complexity index is 1060. The lowest BCUT2D eigenvalue weighted by atomic mass is 10.1. The molecule has 1 aliphatic rings. The number of hydrogen-bond donors (Lipinski definition) is 0. The molecule has 7 heteroatoms. The molecule has 0 saturated heterocycles. The summed E-state index contributed by atoms with van der Waals surface area (Å²) in [6.45, 7) is 1.73. The standard InChI is InChI=1S/C19H16N2O3S2/c1-13-17(22)18-16(20-19(25-18)14-8-4-2-5-9-14)12-21(13)26(23,24)15-10-6-3-7-11-15/h2-11,13H,12H2,1H3/t13-/m0/s1. The number of ketones is 1. The quantitative estimate of drug-likeness (QED) is 0.692. The average molecular weight is 384 g/mol. The molecule has 1 aromatic heterocycles. The molecule has 0 N–H and O–H groups in total. The van der Waals surface area contributed by atoms with E-state index in [1.807, 2.05) is 30.3 Å². The molecule has 1 aliphatic heterocycles. The van der Waals surface area contributed by atoms with Crippen LogP contribution in [0.4, 0.5) is 0 Å². The van der Waals surface area contributed by atoms with Crippen molar-refractivity contribution >= 4 is 27.1 Å². The lowest BCUT2D eigenvalue weighted by Crippen LogP contribution is -2.46. The number of nitrogens with zero attached hydrogens (tertiary/aromatic N) is 2. The molecule has 2 aromatic carbocycles. The highest BCUT2D eigenvalue weighted by Crippen LogP contribution is 2.35. The molecular weight excluding hydrogens is 368 g/mol. The molecule has 5 nitrogen and oxygen atoms in total. The van der Waals surface area contributed by atoms with Gasteiger partial charge in [0.1, 0.15) is 5.01 Å². The number of thiazole rings is 1. The number of fused-ring (bicyclic) bond motifs is 1. The molecule has 4 rings (SSSR count). The maximum Gasteiger partial charge on any atom is 0.244 e. The highest BCUT2D eigenvalue weighted by molar-refractivity contribution is 7.89. The smallest absolute Gasteiger partial charge is 0.244 e. The van der Waals surface area contributed by atoms with Gasteiger partial charge in [0.15, 0.2) is 5.78 Å². The molecule has 0 fully saturated rings. The van der Waals surface area contributed by atoms with E-state index in [1.54, 1.807) is 37.3 Å². The molecule has 0 radical (unpaired) electrons. The zero-order valence-electron chi connectivity index (χ0n) is 14.0. The molecule has 0 spiro atoms. The Balaban J connectivity index is 1.75. The van der Waals surface area contributed by atoms with E-state index in [9.17, 15) is 13.2 Å². The summed E-state index contributed by atoms with van der Waals surface area (Å²) in [5, 5.41) is 0.732. The fraction of sp³-hybridized carbons (Fsp3) is 0.158. The summed E-state index contributed by atoms with van der Waals surface area (Å²) < 4.78 is 27.2. The Morgan fingerprint density at radius 2 is 1.65 bits per heavy atom. The van der Waals surface area contributed by atoms with E-state index in [2.05, 4.69) is 4.98 Å². The van der Waals surface area contributed by atoms with Gasteiger partial charge in [0.05, 0.1) is 28.1 Å². The maximum absolute atomic E-state index is 13.0. The van der Waals surface area contributed by atoms with E-state index < -0.39 is 16.1 Å². The second-order valence-electron chi connectivity index (χ2n) is 6.06. The SMILES string of the molecule is C[C@H]1C(=O)c2sc(-c3ccccc3)nc2CN1S(=O)(=O)c1ccccc1. The van der Waals surface area contributed by atoms with Gasteiger partial charge < -0.3 is 0 Å². The van der Waals surface area contributed by atoms with E-state index in [1.165, 1.54) is 15.6 Å². The van der Waals surface area contributed by atoms with Crippen molar-refractivity contribution in [2.75, 3.05) is 0 Å². The highest BCUT2D eigenvalue weighted by Gasteiger charge is 2.40. The normalized spacial score (nSPS) is 17.9. The maximum atomic E-state index is 13.0. The fourth-order valence-corrected chi connectivity index (χ4v) is 5.66. The summed E-state index contributed by atoms with van der Waals surface area (Å²) in [5.41, 5.74) is 1.45. The van der Waals surface area contributed by atoms with E-state index in [0.717, 1.165) is 10.6 Å². The minimum atomic E-state index is -3.77. The first kappa shape index (κ1) is 17.1. The van der Waals surface area contributed by atoms with E-state index in [-0.39, 0.29) is 17.2 Å². The van der Waals surface area contributed by atoms with E-state index >= 15 is 0 Å². The molecule has 0 bridgehead atoms. The van der Waals surface area contributed by atoms with Crippen LogP contribution in [0.1, 0.15) is 22.3 Å². The molecule has 0 saturated carbocycles. The first-order chi connectivity index (χ1) is 12.5. The van der Waals surface area contributed by atoms with Gasteiger partial charge in [0.2, 0.25) is 10.0 Å². The van der Waals surface area contributed by atoms with Gasteiger partial charge in [0.25, 0.3) is 0 Å². The van der Waals surface area contributed by atoms with Crippen molar-refractivity contribution in [1.82, 2.24) is 9.29 Å². The largest absolute Gasteiger partial charge is 0.291 e. The summed E-state index contributed by atoms with van der Waals surface area (Å²) >= 11 is 1.33. The molecule has 3 aromatic rings. The zero-order chi connectivity index (χ0) is 18.3. The van der Waals surface area contributed by atoms with Crippen LogP contribution in [-0.2, 0) is 16.6 Å². The summed E-state index contributed by atoms with van der Waals surface area (Å²) in [4.78, 5) is 18.1. The van der Waals surface area contributed by atoms with Gasteiger partial charge in [-0.3, -0.25) is 4.79 Å². The number of rotatable bonds is 3. The Labute approximate surface area is 156 Å². The first-order valence-electron chi connectivity index (χ1n) is 8.14. The number of hydrogen-bond acceptors (Lipinski definition) is 5. The predicted molar refractivity (Wildman–Crippen MR) is 101 cm³/mol. The molecular formula is C19H16N2O3S2. The van der Waals surface area contributed by atoms with E-state index in [0.29, 0.717) is 10.6 Å². The minimum absolute atomic E-state index is 0.100. The monoisotopic (exact) mass is 384 g/mol. The number of Topliss-reactive ketones (excluding diaryl/α,β-unsaturated/α-hetero) is 1. The van der Waals surface area contributed by atoms with Crippen LogP contribution >= 0.6 is 11.3 Å². The Hall–Kier alpha value is -2.35. The van der Waals surface area contributed by atoms with Crippen LogP contribution in [0.25, 0.3) is 10.6 Å². The topological polar surface area (TPSA) is 67.3 Å². The van der Waals surface area contributed by atoms with Crippen molar-refractivity contribution in [2.45, 2.75) is 24.4 Å². The van der Waals surface area contributed by atoms with E-state index in [4.69, 9.17) is 0 Å². The third-order valence-electron chi connectivity index (χ3n) is 4.41. The summed E-state index contributed by atoms with van der Waals surface area (Å²) in [5.74, 6) is -0.203.